The highest BCUT2D eigenvalue weighted by atomic mass is 32.1. The summed E-state index contributed by atoms with van der Waals surface area (Å²) < 4.78 is 0. The molecule has 3 nitrogen and oxygen atoms in total. The number of hydrogen-bond acceptors (Lipinski definition) is 5. The third-order valence-electron chi connectivity index (χ3n) is 0.668. The van der Waals surface area contributed by atoms with Crippen LogP contribution < -0.4 is 0 Å². The lowest BCUT2D eigenvalue weighted by atomic mass is 10.3. The molecule has 0 aromatic heterocycles. The SMILES string of the molecule is N#CC(S)C(O)(S)C#N. The number of nitriles is 2. The fourth-order valence-corrected chi connectivity index (χ4v) is 0.267. The second-order valence-electron chi connectivity index (χ2n) is 1.37. The van der Waals surface area contributed by atoms with Gasteiger partial charge in [0.25, 0.3) is 0 Å². The van der Waals surface area contributed by atoms with Crippen LogP contribution in [0, 0.1) is 22.7 Å². The average Bonchev–Trinajstić information content (AvgIpc) is 1.86. The molecule has 0 heterocycles. The molecule has 0 aromatic rings. The highest BCUT2D eigenvalue weighted by molar-refractivity contribution is 7.86. The molecule has 0 spiro atoms. The Hall–Kier alpha value is -0.360. The minimum absolute atomic E-state index is 1.08. The molecule has 0 rings (SSSR count). The molecule has 0 saturated heterocycles. The van der Waals surface area contributed by atoms with Gasteiger partial charge < -0.3 is 5.11 Å². The Bertz CT molecular complexity index is 178. The second-order valence-corrected chi connectivity index (χ2v) is 2.57. The molecular weight excluding hydrogens is 156 g/mol. The fraction of sp³-hybridized carbons (Fsp3) is 0.500. The van der Waals surface area contributed by atoms with Crippen LogP contribution in [0.5, 0.6) is 0 Å². The van der Waals surface area contributed by atoms with E-state index < -0.39 is 10.2 Å². The monoisotopic (exact) mass is 160 g/mol. The van der Waals surface area contributed by atoms with Crippen LogP contribution in [-0.4, -0.2) is 15.3 Å². The maximum Gasteiger partial charge on any atom is 0.220 e. The molecule has 2 atom stereocenters. The molecule has 0 saturated carbocycles. The van der Waals surface area contributed by atoms with Crippen molar-refractivity contribution < 1.29 is 5.11 Å². The van der Waals surface area contributed by atoms with Crippen LogP contribution in [0.3, 0.4) is 0 Å². The standard InChI is InChI=1S/C4H4N2OS2/c5-1-3(8)4(7,9)2-6/h3,7-9H. The van der Waals surface area contributed by atoms with Crippen LogP contribution in [0.25, 0.3) is 0 Å². The Morgan fingerprint density at radius 2 is 2.00 bits per heavy atom. The quantitative estimate of drug-likeness (QED) is 0.286. The van der Waals surface area contributed by atoms with E-state index >= 15 is 0 Å². The van der Waals surface area contributed by atoms with E-state index in [1.807, 2.05) is 0 Å². The number of thiol groups is 2. The molecule has 0 aliphatic rings. The van der Waals surface area contributed by atoms with Crippen LogP contribution in [-0.2, 0) is 0 Å². The van der Waals surface area contributed by atoms with Gasteiger partial charge in [0.2, 0.25) is 4.93 Å². The van der Waals surface area contributed by atoms with Crippen molar-refractivity contribution >= 4 is 25.3 Å². The lowest BCUT2D eigenvalue weighted by Gasteiger charge is -2.12. The Balaban J connectivity index is 4.23. The molecule has 5 heteroatoms. The summed E-state index contributed by atoms with van der Waals surface area (Å²) in [5.74, 6) is 0. The summed E-state index contributed by atoms with van der Waals surface area (Å²) in [6, 6.07) is 2.98. The van der Waals surface area contributed by atoms with Crippen molar-refractivity contribution in [1.29, 1.82) is 10.5 Å². The van der Waals surface area contributed by atoms with Gasteiger partial charge in [0.05, 0.1) is 6.07 Å². The first-order valence-corrected chi connectivity index (χ1v) is 2.94. The zero-order chi connectivity index (χ0) is 7.49. The van der Waals surface area contributed by atoms with E-state index in [1.165, 1.54) is 6.07 Å². The van der Waals surface area contributed by atoms with Gasteiger partial charge in [0.15, 0.2) is 0 Å². The van der Waals surface area contributed by atoms with E-state index in [1.54, 1.807) is 6.07 Å². The fourth-order valence-electron chi connectivity index (χ4n) is 0.151. The van der Waals surface area contributed by atoms with Crippen molar-refractivity contribution in [3.8, 4) is 12.1 Å². The third-order valence-corrected chi connectivity index (χ3v) is 1.72. The Kier molecular flexibility index (Phi) is 2.86. The molecule has 0 radical (unpaired) electrons. The topological polar surface area (TPSA) is 67.8 Å². The normalized spacial score (nSPS) is 18.8. The van der Waals surface area contributed by atoms with Gasteiger partial charge in [-0.3, -0.25) is 0 Å². The first-order chi connectivity index (χ1) is 4.04. The highest BCUT2D eigenvalue weighted by Crippen LogP contribution is 2.18. The maximum absolute atomic E-state index is 8.80. The van der Waals surface area contributed by atoms with Gasteiger partial charge in [-0.25, -0.2) is 0 Å². The van der Waals surface area contributed by atoms with E-state index in [9.17, 15) is 0 Å². The predicted molar refractivity (Wildman–Crippen MR) is 37.9 cm³/mol. The van der Waals surface area contributed by atoms with Gasteiger partial charge in [-0.2, -0.15) is 23.2 Å². The van der Waals surface area contributed by atoms with Crippen LogP contribution in [0.15, 0.2) is 0 Å². The van der Waals surface area contributed by atoms with Gasteiger partial charge in [-0.05, 0) is 0 Å². The number of nitrogens with zero attached hydrogens (tertiary/aromatic N) is 2. The van der Waals surface area contributed by atoms with E-state index in [2.05, 4.69) is 25.3 Å². The summed E-state index contributed by atoms with van der Waals surface area (Å²) in [6.07, 6.45) is 0. The Labute approximate surface area is 63.7 Å². The molecule has 0 aromatic carbocycles. The summed E-state index contributed by atoms with van der Waals surface area (Å²) in [5.41, 5.74) is 0. The minimum Gasteiger partial charge on any atom is -0.366 e. The van der Waals surface area contributed by atoms with E-state index in [-0.39, 0.29) is 0 Å². The largest absolute Gasteiger partial charge is 0.366 e. The third kappa shape index (κ3) is 2.15. The van der Waals surface area contributed by atoms with E-state index in [4.69, 9.17) is 15.6 Å². The molecule has 1 N–H and O–H groups in total. The molecular formula is C4H4N2OS2. The average molecular weight is 160 g/mol. The van der Waals surface area contributed by atoms with Gasteiger partial charge in [-0.1, -0.05) is 0 Å². The molecule has 2 unspecified atom stereocenters. The zero-order valence-corrected chi connectivity index (χ0v) is 6.10. The van der Waals surface area contributed by atoms with Crippen molar-refractivity contribution in [1.82, 2.24) is 0 Å². The van der Waals surface area contributed by atoms with Crippen molar-refractivity contribution in [3.63, 3.8) is 0 Å². The van der Waals surface area contributed by atoms with Gasteiger partial charge in [-0.15, -0.1) is 12.6 Å². The van der Waals surface area contributed by atoms with Gasteiger partial charge in [0, 0.05) is 0 Å². The summed E-state index contributed by atoms with van der Waals surface area (Å²) in [6.45, 7) is 0. The Morgan fingerprint density at radius 1 is 1.56 bits per heavy atom. The van der Waals surface area contributed by atoms with E-state index in [0.29, 0.717) is 0 Å². The van der Waals surface area contributed by atoms with Crippen LogP contribution in [0.2, 0.25) is 0 Å². The number of aliphatic hydroxyl groups is 1. The predicted octanol–water partition coefficient (Wildman–Crippen LogP) is -0.0496. The lowest BCUT2D eigenvalue weighted by molar-refractivity contribution is 0.208. The molecule has 0 fully saturated rings. The molecule has 9 heavy (non-hydrogen) atoms. The molecule has 48 valence electrons. The second kappa shape index (κ2) is 2.98. The van der Waals surface area contributed by atoms with Crippen molar-refractivity contribution in [2.24, 2.45) is 0 Å². The molecule has 0 amide bonds. The van der Waals surface area contributed by atoms with Crippen LogP contribution in [0.4, 0.5) is 0 Å². The summed E-state index contributed by atoms with van der Waals surface area (Å²) in [7, 11) is 0. The maximum atomic E-state index is 8.80. The van der Waals surface area contributed by atoms with Crippen LogP contribution >= 0.6 is 25.3 Å². The zero-order valence-electron chi connectivity index (χ0n) is 4.31. The van der Waals surface area contributed by atoms with Crippen LogP contribution in [0.1, 0.15) is 0 Å². The van der Waals surface area contributed by atoms with E-state index in [0.717, 1.165) is 0 Å². The molecule has 0 aliphatic carbocycles. The Morgan fingerprint density at radius 3 is 2.11 bits per heavy atom. The molecule has 0 bridgehead atoms. The van der Waals surface area contributed by atoms with Gasteiger partial charge in [0.1, 0.15) is 11.3 Å². The summed E-state index contributed by atoms with van der Waals surface area (Å²) in [4.78, 5) is -1.95. The van der Waals surface area contributed by atoms with Crippen molar-refractivity contribution in [2.75, 3.05) is 0 Å². The van der Waals surface area contributed by atoms with Crippen molar-refractivity contribution in [2.45, 2.75) is 10.2 Å². The lowest BCUT2D eigenvalue weighted by Crippen LogP contribution is -2.29. The van der Waals surface area contributed by atoms with Gasteiger partial charge >= 0.3 is 0 Å². The highest BCUT2D eigenvalue weighted by Gasteiger charge is 2.29. The first kappa shape index (κ1) is 8.64. The minimum atomic E-state index is -1.95. The summed E-state index contributed by atoms with van der Waals surface area (Å²) >= 11 is 7.04. The summed E-state index contributed by atoms with van der Waals surface area (Å²) in [5, 5.41) is 24.0. The first-order valence-electron chi connectivity index (χ1n) is 1.98. The van der Waals surface area contributed by atoms with Crippen molar-refractivity contribution in [3.05, 3.63) is 0 Å². The number of rotatable bonds is 1. The molecule has 0 aliphatic heterocycles. The smallest absolute Gasteiger partial charge is 0.220 e. The number of hydrogen-bond donors (Lipinski definition) is 3.